The van der Waals surface area contributed by atoms with Crippen LogP contribution in [0.5, 0.6) is 0 Å². The second-order valence-corrected chi connectivity index (χ2v) is 6.84. The first-order chi connectivity index (χ1) is 8.29. The summed E-state index contributed by atoms with van der Waals surface area (Å²) in [5.41, 5.74) is 1.52. The Hall–Kier alpha value is -0.380. The SMILES string of the molecule is CC(CNC(C)(C)C)N(C)Cc1ccccc1Br. The van der Waals surface area contributed by atoms with Crippen molar-refractivity contribution >= 4 is 15.9 Å². The lowest BCUT2D eigenvalue weighted by Gasteiger charge is -2.29. The van der Waals surface area contributed by atoms with Gasteiger partial charge in [0.2, 0.25) is 0 Å². The van der Waals surface area contributed by atoms with Gasteiger partial charge in [-0.1, -0.05) is 34.1 Å². The molecule has 0 aliphatic carbocycles. The average molecular weight is 313 g/mol. The van der Waals surface area contributed by atoms with E-state index in [0.717, 1.165) is 13.1 Å². The molecule has 0 saturated carbocycles. The molecule has 0 heterocycles. The van der Waals surface area contributed by atoms with Crippen LogP contribution in [0.2, 0.25) is 0 Å². The van der Waals surface area contributed by atoms with Crippen molar-refractivity contribution in [1.29, 1.82) is 0 Å². The van der Waals surface area contributed by atoms with E-state index < -0.39 is 0 Å². The third kappa shape index (κ3) is 5.51. The van der Waals surface area contributed by atoms with Crippen molar-refractivity contribution in [3.63, 3.8) is 0 Å². The molecule has 3 heteroatoms. The fourth-order valence-electron chi connectivity index (χ4n) is 1.66. The van der Waals surface area contributed by atoms with Crippen molar-refractivity contribution < 1.29 is 0 Å². The first-order valence-corrected chi connectivity index (χ1v) is 7.27. The number of benzene rings is 1. The predicted molar refractivity (Wildman–Crippen MR) is 82.8 cm³/mol. The van der Waals surface area contributed by atoms with Crippen molar-refractivity contribution in [2.24, 2.45) is 0 Å². The van der Waals surface area contributed by atoms with E-state index in [-0.39, 0.29) is 5.54 Å². The van der Waals surface area contributed by atoms with E-state index in [4.69, 9.17) is 0 Å². The van der Waals surface area contributed by atoms with Crippen molar-refractivity contribution in [3.8, 4) is 0 Å². The van der Waals surface area contributed by atoms with Gasteiger partial charge in [-0.25, -0.2) is 0 Å². The van der Waals surface area contributed by atoms with E-state index in [1.54, 1.807) is 0 Å². The van der Waals surface area contributed by atoms with Crippen LogP contribution in [0, 0.1) is 0 Å². The summed E-state index contributed by atoms with van der Waals surface area (Å²) in [6.45, 7) is 10.8. The van der Waals surface area contributed by atoms with Crippen LogP contribution in [0.4, 0.5) is 0 Å². The summed E-state index contributed by atoms with van der Waals surface area (Å²) in [6, 6.07) is 8.92. The lowest BCUT2D eigenvalue weighted by atomic mass is 10.1. The first kappa shape index (κ1) is 15.7. The van der Waals surface area contributed by atoms with Gasteiger partial charge in [-0.2, -0.15) is 0 Å². The van der Waals surface area contributed by atoms with Gasteiger partial charge in [-0.15, -0.1) is 0 Å². The molecule has 102 valence electrons. The minimum absolute atomic E-state index is 0.183. The Kier molecular flexibility index (Phi) is 5.83. The van der Waals surface area contributed by atoms with E-state index in [2.05, 4.69) is 85.2 Å². The van der Waals surface area contributed by atoms with Gasteiger partial charge in [0.25, 0.3) is 0 Å². The highest BCUT2D eigenvalue weighted by Crippen LogP contribution is 2.18. The number of likely N-dealkylation sites (N-methyl/N-ethyl adjacent to an activating group) is 1. The monoisotopic (exact) mass is 312 g/mol. The maximum atomic E-state index is 3.60. The summed E-state index contributed by atoms with van der Waals surface area (Å²) in [7, 11) is 2.18. The second-order valence-electron chi connectivity index (χ2n) is 5.99. The Morgan fingerprint density at radius 3 is 2.44 bits per heavy atom. The van der Waals surface area contributed by atoms with Crippen LogP contribution >= 0.6 is 15.9 Å². The zero-order valence-corrected chi connectivity index (χ0v) is 13.7. The van der Waals surface area contributed by atoms with Crippen LogP contribution in [0.3, 0.4) is 0 Å². The van der Waals surface area contributed by atoms with Gasteiger partial charge < -0.3 is 5.32 Å². The van der Waals surface area contributed by atoms with Crippen LogP contribution < -0.4 is 5.32 Å². The van der Waals surface area contributed by atoms with Crippen LogP contribution in [-0.4, -0.2) is 30.1 Å². The molecule has 1 atom stereocenters. The zero-order valence-electron chi connectivity index (χ0n) is 12.1. The number of nitrogens with one attached hydrogen (secondary N) is 1. The van der Waals surface area contributed by atoms with Crippen LogP contribution in [0.15, 0.2) is 28.7 Å². The van der Waals surface area contributed by atoms with Gasteiger partial charge >= 0.3 is 0 Å². The Morgan fingerprint density at radius 2 is 1.89 bits per heavy atom. The normalized spacial score (nSPS) is 13.9. The Morgan fingerprint density at radius 1 is 1.28 bits per heavy atom. The highest BCUT2D eigenvalue weighted by molar-refractivity contribution is 9.10. The van der Waals surface area contributed by atoms with Crippen molar-refractivity contribution in [2.75, 3.05) is 13.6 Å². The lowest BCUT2D eigenvalue weighted by molar-refractivity contribution is 0.228. The number of nitrogens with zero attached hydrogens (tertiary/aromatic N) is 1. The third-order valence-corrected chi connectivity index (χ3v) is 3.83. The van der Waals surface area contributed by atoms with E-state index in [0.29, 0.717) is 6.04 Å². The van der Waals surface area contributed by atoms with Gasteiger partial charge in [-0.05, 0) is 46.4 Å². The molecule has 1 aromatic carbocycles. The van der Waals surface area contributed by atoms with Crippen molar-refractivity contribution in [1.82, 2.24) is 10.2 Å². The van der Waals surface area contributed by atoms with Crippen molar-refractivity contribution in [3.05, 3.63) is 34.3 Å². The standard InChI is InChI=1S/C15H25BrN2/c1-12(10-17-15(2,3)4)18(5)11-13-8-6-7-9-14(13)16/h6-9,12,17H,10-11H2,1-5H3. The highest BCUT2D eigenvalue weighted by Gasteiger charge is 2.14. The molecule has 0 amide bonds. The quantitative estimate of drug-likeness (QED) is 0.892. The summed E-state index contributed by atoms with van der Waals surface area (Å²) >= 11 is 3.60. The third-order valence-electron chi connectivity index (χ3n) is 3.06. The van der Waals surface area contributed by atoms with Gasteiger partial charge in [0, 0.05) is 29.1 Å². The van der Waals surface area contributed by atoms with Crippen LogP contribution in [0.1, 0.15) is 33.3 Å². The average Bonchev–Trinajstić information content (AvgIpc) is 2.28. The maximum Gasteiger partial charge on any atom is 0.0245 e. The molecule has 1 unspecified atom stereocenters. The smallest absolute Gasteiger partial charge is 0.0245 e. The van der Waals surface area contributed by atoms with Crippen LogP contribution in [0.25, 0.3) is 0 Å². The van der Waals surface area contributed by atoms with E-state index in [1.165, 1.54) is 10.0 Å². The molecule has 0 fully saturated rings. The lowest BCUT2D eigenvalue weighted by Crippen LogP contribution is -2.45. The number of rotatable bonds is 5. The van der Waals surface area contributed by atoms with Gasteiger partial charge in [0.1, 0.15) is 0 Å². The summed E-state index contributed by atoms with van der Waals surface area (Å²) in [5.74, 6) is 0. The first-order valence-electron chi connectivity index (χ1n) is 6.48. The molecule has 1 aromatic rings. The summed E-state index contributed by atoms with van der Waals surface area (Å²) < 4.78 is 1.19. The number of halogens is 1. The number of hydrogen-bond donors (Lipinski definition) is 1. The Balaban J connectivity index is 2.50. The minimum atomic E-state index is 0.183. The molecule has 0 bridgehead atoms. The molecule has 18 heavy (non-hydrogen) atoms. The molecule has 0 aliphatic rings. The topological polar surface area (TPSA) is 15.3 Å². The molecule has 0 saturated heterocycles. The van der Waals surface area contributed by atoms with Crippen LogP contribution in [-0.2, 0) is 6.54 Å². The van der Waals surface area contributed by atoms with E-state index in [9.17, 15) is 0 Å². The van der Waals surface area contributed by atoms with Gasteiger partial charge in [0.15, 0.2) is 0 Å². The largest absolute Gasteiger partial charge is 0.311 e. The van der Waals surface area contributed by atoms with Gasteiger partial charge in [-0.3, -0.25) is 4.90 Å². The summed E-state index contributed by atoms with van der Waals surface area (Å²) in [6.07, 6.45) is 0. The fourth-order valence-corrected chi connectivity index (χ4v) is 2.07. The van der Waals surface area contributed by atoms with Gasteiger partial charge in [0.05, 0.1) is 0 Å². The molecule has 0 radical (unpaired) electrons. The molecule has 2 nitrogen and oxygen atoms in total. The van der Waals surface area contributed by atoms with E-state index >= 15 is 0 Å². The molecular formula is C15H25BrN2. The highest BCUT2D eigenvalue weighted by atomic mass is 79.9. The molecule has 1 rings (SSSR count). The predicted octanol–water partition coefficient (Wildman–Crippen LogP) is 3.66. The Bertz CT molecular complexity index is 371. The van der Waals surface area contributed by atoms with Crippen molar-refractivity contribution in [2.45, 2.75) is 45.8 Å². The maximum absolute atomic E-state index is 3.60. The molecular weight excluding hydrogens is 288 g/mol. The Labute approximate surface area is 120 Å². The minimum Gasteiger partial charge on any atom is -0.311 e. The second kappa shape index (κ2) is 6.69. The van der Waals surface area contributed by atoms with E-state index in [1.807, 2.05) is 0 Å². The molecule has 0 aliphatic heterocycles. The molecule has 0 aromatic heterocycles. The molecule has 1 N–H and O–H groups in total. The zero-order chi connectivity index (χ0) is 13.8. The molecule has 0 spiro atoms. The number of hydrogen-bond acceptors (Lipinski definition) is 2. The summed E-state index contributed by atoms with van der Waals surface area (Å²) in [5, 5.41) is 3.55. The fraction of sp³-hybridized carbons (Fsp3) is 0.600. The summed E-state index contributed by atoms with van der Waals surface area (Å²) in [4.78, 5) is 2.37.